The van der Waals surface area contributed by atoms with Gasteiger partial charge in [0, 0.05) is 30.7 Å². The first-order chi connectivity index (χ1) is 13.2. The fourth-order valence-electron chi connectivity index (χ4n) is 2.36. The van der Waals surface area contributed by atoms with Crippen LogP contribution < -0.4 is 20.1 Å². The summed E-state index contributed by atoms with van der Waals surface area (Å²) in [6, 6.07) is 12.4. The average Bonchev–Trinajstić information content (AvgIpc) is 2.73. The smallest absolute Gasteiger partial charge is 0.272 e. The SMILES string of the molecule is COc1ccc(Nc2ccc(C(=O)NCc3ccncc3)nn2)cc1OC. The van der Waals surface area contributed by atoms with Crippen molar-refractivity contribution in [1.82, 2.24) is 20.5 Å². The van der Waals surface area contributed by atoms with Gasteiger partial charge in [-0.25, -0.2) is 0 Å². The summed E-state index contributed by atoms with van der Waals surface area (Å²) < 4.78 is 10.5. The molecule has 0 unspecified atom stereocenters. The highest BCUT2D eigenvalue weighted by atomic mass is 16.5. The molecule has 1 amide bonds. The van der Waals surface area contributed by atoms with Crippen molar-refractivity contribution in [2.24, 2.45) is 0 Å². The third-order valence-electron chi connectivity index (χ3n) is 3.76. The maximum Gasteiger partial charge on any atom is 0.272 e. The first kappa shape index (κ1) is 18.1. The van der Waals surface area contributed by atoms with Crippen molar-refractivity contribution >= 4 is 17.4 Å². The molecule has 0 saturated carbocycles. The number of nitrogens with zero attached hydrogens (tertiary/aromatic N) is 3. The molecule has 0 aliphatic carbocycles. The lowest BCUT2D eigenvalue weighted by atomic mass is 10.2. The second-order valence-electron chi connectivity index (χ2n) is 5.54. The molecule has 0 spiro atoms. The van der Waals surface area contributed by atoms with E-state index in [-0.39, 0.29) is 11.6 Å². The Bertz CT molecular complexity index is 901. The van der Waals surface area contributed by atoms with E-state index < -0.39 is 0 Å². The van der Waals surface area contributed by atoms with Crippen LogP contribution in [0.4, 0.5) is 11.5 Å². The van der Waals surface area contributed by atoms with E-state index in [0.717, 1.165) is 11.3 Å². The zero-order valence-electron chi connectivity index (χ0n) is 15.0. The number of pyridine rings is 1. The van der Waals surface area contributed by atoms with E-state index in [2.05, 4.69) is 25.8 Å². The monoisotopic (exact) mass is 365 g/mol. The van der Waals surface area contributed by atoms with Gasteiger partial charge in [-0.1, -0.05) is 0 Å². The molecule has 2 aromatic heterocycles. The van der Waals surface area contributed by atoms with Gasteiger partial charge in [0.25, 0.3) is 5.91 Å². The lowest BCUT2D eigenvalue weighted by Gasteiger charge is -2.10. The van der Waals surface area contributed by atoms with Crippen LogP contribution in [0.1, 0.15) is 16.1 Å². The Morgan fingerprint density at radius 2 is 1.74 bits per heavy atom. The van der Waals surface area contributed by atoms with Crippen molar-refractivity contribution in [3.05, 3.63) is 66.1 Å². The highest BCUT2D eigenvalue weighted by Gasteiger charge is 2.09. The zero-order valence-corrected chi connectivity index (χ0v) is 15.0. The summed E-state index contributed by atoms with van der Waals surface area (Å²) >= 11 is 0. The van der Waals surface area contributed by atoms with Gasteiger partial charge < -0.3 is 20.1 Å². The lowest BCUT2D eigenvalue weighted by molar-refractivity contribution is 0.0945. The summed E-state index contributed by atoms with van der Waals surface area (Å²) in [5.41, 5.74) is 1.96. The summed E-state index contributed by atoms with van der Waals surface area (Å²) in [4.78, 5) is 16.1. The minimum absolute atomic E-state index is 0.238. The standard InChI is InChI=1S/C19H19N5O3/c1-26-16-5-3-14(11-17(16)27-2)22-18-6-4-15(23-24-18)19(25)21-12-13-7-9-20-10-8-13/h3-11H,12H2,1-2H3,(H,21,25)(H,22,24). The third kappa shape index (κ3) is 4.69. The van der Waals surface area contributed by atoms with Crippen molar-refractivity contribution in [3.8, 4) is 11.5 Å². The summed E-state index contributed by atoms with van der Waals surface area (Å²) in [5, 5.41) is 13.9. The van der Waals surface area contributed by atoms with Crippen LogP contribution in [0.15, 0.2) is 54.9 Å². The van der Waals surface area contributed by atoms with Crippen molar-refractivity contribution in [1.29, 1.82) is 0 Å². The Kier molecular flexibility index (Phi) is 5.78. The van der Waals surface area contributed by atoms with E-state index in [9.17, 15) is 4.79 Å². The zero-order chi connectivity index (χ0) is 19.1. The molecule has 3 rings (SSSR count). The van der Waals surface area contributed by atoms with Crippen LogP contribution in [0.2, 0.25) is 0 Å². The van der Waals surface area contributed by atoms with Crippen LogP contribution in [-0.2, 0) is 6.54 Å². The number of methoxy groups -OCH3 is 2. The molecule has 27 heavy (non-hydrogen) atoms. The topological polar surface area (TPSA) is 98.3 Å². The van der Waals surface area contributed by atoms with E-state index in [1.807, 2.05) is 18.2 Å². The highest BCUT2D eigenvalue weighted by molar-refractivity contribution is 5.92. The van der Waals surface area contributed by atoms with Crippen LogP contribution in [0, 0.1) is 0 Å². The molecule has 8 nitrogen and oxygen atoms in total. The van der Waals surface area contributed by atoms with Crippen molar-refractivity contribution in [3.63, 3.8) is 0 Å². The van der Waals surface area contributed by atoms with Crippen molar-refractivity contribution in [2.45, 2.75) is 6.54 Å². The number of carbonyl (C=O) groups is 1. The van der Waals surface area contributed by atoms with Gasteiger partial charge in [-0.05, 0) is 42.0 Å². The molecule has 0 aliphatic heterocycles. The predicted molar refractivity (Wildman–Crippen MR) is 100 cm³/mol. The van der Waals surface area contributed by atoms with Gasteiger partial charge in [-0.15, -0.1) is 10.2 Å². The number of benzene rings is 1. The molecule has 1 aromatic carbocycles. The number of aromatic nitrogens is 3. The van der Waals surface area contributed by atoms with Gasteiger partial charge in [0.05, 0.1) is 14.2 Å². The maximum atomic E-state index is 12.2. The van der Waals surface area contributed by atoms with Gasteiger partial charge >= 0.3 is 0 Å². The number of hydrogen-bond donors (Lipinski definition) is 2. The molecule has 0 fully saturated rings. The maximum absolute atomic E-state index is 12.2. The Balaban J connectivity index is 1.62. The van der Waals surface area contributed by atoms with Gasteiger partial charge in [-0.2, -0.15) is 0 Å². The molecule has 0 radical (unpaired) electrons. The molecule has 3 aromatic rings. The minimum Gasteiger partial charge on any atom is -0.493 e. The Labute approximate surface area is 156 Å². The molecular formula is C19H19N5O3. The minimum atomic E-state index is -0.294. The van der Waals surface area contributed by atoms with Crippen LogP contribution in [0.25, 0.3) is 0 Å². The summed E-state index contributed by atoms with van der Waals surface area (Å²) in [5.74, 6) is 1.45. The number of hydrogen-bond acceptors (Lipinski definition) is 7. The number of nitrogens with one attached hydrogen (secondary N) is 2. The molecule has 0 saturated heterocycles. The first-order valence-electron chi connectivity index (χ1n) is 8.19. The van der Waals surface area contributed by atoms with Gasteiger partial charge in [0.1, 0.15) is 0 Å². The van der Waals surface area contributed by atoms with E-state index >= 15 is 0 Å². The molecule has 8 heteroatoms. The molecule has 2 N–H and O–H groups in total. The van der Waals surface area contributed by atoms with Crippen LogP contribution in [0.5, 0.6) is 11.5 Å². The van der Waals surface area contributed by atoms with E-state index in [1.54, 1.807) is 50.9 Å². The second-order valence-corrected chi connectivity index (χ2v) is 5.54. The number of amides is 1. The van der Waals surface area contributed by atoms with E-state index in [0.29, 0.717) is 23.9 Å². The van der Waals surface area contributed by atoms with Gasteiger partial charge in [0.15, 0.2) is 23.0 Å². The molecule has 0 aliphatic rings. The first-order valence-corrected chi connectivity index (χ1v) is 8.19. The van der Waals surface area contributed by atoms with Gasteiger partial charge in [-0.3, -0.25) is 9.78 Å². The van der Waals surface area contributed by atoms with Crippen LogP contribution >= 0.6 is 0 Å². The molecule has 0 bridgehead atoms. The lowest BCUT2D eigenvalue weighted by Crippen LogP contribution is -2.24. The van der Waals surface area contributed by atoms with Crippen molar-refractivity contribution in [2.75, 3.05) is 19.5 Å². The quantitative estimate of drug-likeness (QED) is 0.664. The van der Waals surface area contributed by atoms with Crippen LogP contribution in [-0.4, -0.2) is 35.3 Å². The molecule has 138 valence electrons. The highest BCUT2D eigenvalue weighted by Crippen LogP contribution is 2.30. The number of rotatable bonds is 7. The number of carbonyl (C=O) groups excluding carboxylic acids is 1. The molecule has 0 atom stereocenters. The van der Waals surface area contributed by atoms with Gasteiger partial charge in [0.2, 0.25) is 0 Å². The van der Waals surface area contributed by atoms with E-state index in [1.165, 1.54) is 0 Å². The Morgan fingerprint density at radius 1 is 0.963 bits per heavy atom. The molecule has 2 heterocycles. The van der Waals surface area contributed by atoms with Crippen LogP contribution in [0.3, 0.4) is 0 Å². The predicted octanol–water partition coefficient (Wildman–Crippen LogP) is 2.56. The average molecular weight is 365 g/mol. The summed E-state index contributed by atoms with van der Waals surface area (Å²) in [7, 11) is 3.15. The normalized spacial score (nSPS) is 10.1. The summed E-state index contributed by atoms with van der Waals surface area (Å²) in [6.07, 6.45) is 3.35. The largest absolute Gasteiger partial charge is 0.493 e. The number of ether oxygens (including phenoxy) is 2. The summed E-state index contributed by atoms with van der Waals surface area (Å²) in [6.45, 7) is 0.397. The molecular weight excluding hydrogens is 346 g/mol. The van der Waals surface area contributed by atoms with E-state index in [4.69, 9.17) is 9.47 Å². The Morgan fingerprint density at radius 3 is 2.41 bits per heavy atom. The number of anilines is 2. The second kappa shape index (κ2) is 8.61. The Hall–Kier alpha value is -3.68. The third-order valence-corrected chi connectivity index (χ3v) is 3.76. The van der Waals surface area contributed by atoms with Crippen molar-refractivity contribution < 1.29 is 14.3 Å². The fourth-order valence-corrected chi connectivity index (χ4v) is 2.36. The fraction of sp³-hybridized carbons (Fsp3) is 0.158.